The average Bonchev–Trinajstić information content (AvgIpc) is 2.36. The molecule has 1 aliphatic heterocycles. The normalized spacial score (nSPS) is 19.2. The number of benzene rings is 1. The highest BCUT2D eigenvalue weighted by Gasteiger charge is 2.27. The summed E-state index contributed by atoms with van der Waals surface area (Å²) in [4.78, 5) is 7.63. The van der Waals surface area contributed by atoms with Gasteiger partial charge in [0.15, 0.2) is 5.84 Å². The van der Waals surface area contributed by atoms with Crippen LogP contribution in [0.3, 0.4) is 0 Å². The molecular weight excluding hydrogens is 278 g/mol. The van der Waals surface area contributed by atoms with E-state index in [1.807, 2.05) is 0 Å². The number of amidine groups is 1. The molecule has 1 aromatic carbocycles. The van der Waals surface area contributed by atoms with Crippen molar-refractivity contribution >= 4 is 5.84 Å². The van der Waals surface area contributed by atoms with Gasteiger partial charge in [0, 0.05) is 13.1 Å². The van der Waals surface area contributed by atoms with Crippen molar-refractivity contribution in [2.75, 3.05) is 26.2 Å². The van der Waals surface area contributed by atoms with Crippen molar-refractivity contribution < 1.29 is 9.57 Å². The van der Waals surface area contributed by atoms with Crippen LogP contribution in [0.15, 0.2) is 23.4 Å². The Kier molecular flexibility index (Phi) is 5.42. The first kappa shape index (κ1) is 16.8. The summed E-state index contributed by atoms with van der Waals surface area (Å²) in [6.07, 6.45) is 0. The fraction of sp³-hybridized carbons (Fsp3) is 0.588. The van der Waals surface area contributed by atoms with E-state index in [9.17, 15) is 0 Å². The molecule has 0 radical (unpaired) electrons. The number of nitrogens with two attached hydrogens (primary N) is 1. The molecule has 5 nitrogen and oxygen atoms in total. The van der Waals surface area contributed by atoms with Gasteiger partial charge < -0.3 is 15.3 Å². The highest BCUT2D eigenvalue weighted by molar-refractivity contribution is 5.81. The molecule has 0 saturated carbocycles. The fourth-order valence-electron chi connectivity index (χ4n) is 2.85. The van der Waals surface area contributed by atoms with E-state index in [0.29, 0.717) is 19.0 Å². The van der Waals surface area contributed by atoms with Crippen molar-refractivity contribution in [3.63, 3.8) is 0 Å². The van der Waals surface area contributed by atoms with Crippen LogP contribution in [0.25, 0.3) is 0 Å². The van der Waals surface area contributed by atoms with Crippen LogP contribution in [-0.4, -0.2) is 42.6 Å². The van der Waals surface area contributed by atoms with Crippen LogP contribution in [-0.2, 0) is 16.2 Å². The van der Waals surface area contributed by atoms with Gasteiger partial charge in [-0.2, -0.15) is 0 Å². The SMILES string of the molecule is Cc1cc(C)cc(CO/N=C(/N)CN2CCOC(C)(C)C2)c1. The highest BCUT2D eigenvalue weighted by Crippen LogP contribution is 2.16. The Balaban J connectivity index is 1.82. The molecule has 1 saturated heterocycles. The predicted molar refractivity (Wildman–Crippen MR) is 88.8 cm³/mol. The van der Waals surface area contributed by atoms with Crippen LogP contribution in [0.2, 0.25) is 0 Å². The number of nitrogens with zero attached hydrogens (tertiary/aromatic N) is 2. The number of hydrogen-bond donors (Lipinski definition) is 1. The second-order valence-corrected chi connectivity index (χ2v) is 6.67. The zero-order valence-electron chi connectivity index (χ0n) is 14.1. The quantitative estimate of drug-likeness (QED) is 0.515. The Labute approximate surface area is 133 Å². The molecule has 2 N–H and O–H groups in total. The third-order valence-corrected chi connectivity index (χ3v) is 3.58. The molecule has 22 heavy (non-hydrogen) atoms. The van der Waals surface area contributed by atoms with E-state index in [0.717, 1.165) is 25.3 Å². The predicted octanol–water partition coefficient (Wildman–Crippen LogP) is 2.20. The van der Waals surface area contributed by atoms with E-state index in [1.54, 1.807) is 0 Å². The summed E-state index contributed by atoms with van der Waals surface area (Å²) in [5.74, 6) is 0.502. The van der Waals surface area contributed by atoms with E-state index in [1.165, 1.54) is 11.1 Å². The molecule has 1 aliphatic rings. The van der Waals surface area contributed by atoms with Gasteiger partial charge in [0.05, 0.1) is 18.8 Å². The Bertz CT molecular complexity index is 520. The Hall–Kier alpha value is -1.59. The molecular formula is C17H27N3O2. The van der Waals surface area contributed by atoms with Gasteiger partial charge in [-0.25, -0.2) is 0 Å². The Morgan fingerprint density at radius 3 is 2.64 bits per heavy atom. The van der Waals surface area contributed by atoms with E-state index in [-0.39, 0.29) is 5.60 Å². The van der Waals surface area contributed by atoms with Crippen molar-refractivity contribution in [2.45, 2.75) is 39.9 Å². The van der Waals surface area contributed by atoms with Crippen molar-refractivity contribution in [3.8, 4) is 0 Å². The second-order valence-electron chi connectivity index (χ2n) is 6.67. The topological polar surface area (TPSA) is 60.1 Å². The van der Waals surface area contributed by atoms with Crippen LogP contribution < -0.4 is 5.73 Å². The average molecular weight is 305 g/mol. The summed E-state index contributed by atoms with van der Waals surface area (Å²) in [5.41, 5.74) is 9.40. The van der Waals surface area contributed by atoms with Crippen LogP contribution in [0.4, 0.5) is 0 Å². The van der Waals surface area contributed by atoms with Crippen molar-refractivity contribution in [2.24, 2.45) is 10.9 Å². The third kappa shape index (κ3) is 5.31. The molecule has 5 heteroatoms. The molecule has 2 rings (SSSR count). The summed E-state index contributed by atoms with van der Waals surface area (Å²) < 4.78 is 5.68. The third-order valence-electron chi connectivity index (χ3n) is 3.58. The summed E-state index contributed by atoms with van der Waals surface area (Å²) in [6.45, 7) is 11.8. The fourth-order valence-corrected chi connectivity index (χ4v) is 2.85. The van der Waals surface area contributed by atoms with E-state index in [4.69, 9.17) is 15.3 Å². The Morgan fingerprint density at radius 2 is 2.00 bits per heavy atom. The van der Waals surface area contributed by atoms with Gasteiger partial charge >= 0.3 is 0 Å². The maximum Gasteiger partial charge on any atom is 0.153 e. The largest absolute Gasteiger partial charge is 0.389 e. The first-order chi connectivity index (χ1) is 10.3. The first-order valence-electron chi connectivity index (χ1n) is 7.72. The first-order valence-corrected chi connectivity index (χ1v) is 7.72. The molecule has 0 bridgehead atoms. The molecule has 0 atom stereocenters. The number of hydrogen-bond acceptors (Lipinski definition) is 4. The maximum atomic E-state index is 5.96. The number of aryl methyl sites for hydroxylation is 2. The molecule has 0 spiro atoms. The van der Waals surface area contributed by atoms with Gasteiger partial charge in [-0.3, -0.25) is 4.90 Å². The van der Waals surface area contributed by atoms with Gasteiger partial charge in [-0.15, -0.1) is 0 Å². The molecule has 1 fully saturated rings. The minimum Gasteiger partial charge on any atom is -0.389 e. The number of ether oxygens (including phenoxy) is 1. The number of rotatable bonds is 5. The lowest BCUT2D eigenvalue weighted by molar-refractivity contribution is -0.0821. The minimum atomic E-state index is -0.127. The smallest absolute Gasteiger partial charge is 0.153 e. The van der Waals surface area contributed by atoms with Crippen LogP contribution in [0, 0.1) is 13.8 Å². The molecule has 0 unspecified atom stereocenters. The van der Waals surface area contributed by atoms with E-state index >= 15 is 0 Å². The van der Waals surface area contributed by atoms with Gasteiger partial charge in [0.25, 0.3) is 0 Å². The van der Waals surface area contributed by atoms with Gasteiger partial charge in [0.1, 0.15) is 6.61 Å². The lowest BCUT2D eigenvalue weighted by atomic mass is 10.1. The zero-order valence-corrected chi connectivity index (χ0v) is 14.1. The zero-order chi connectivity index (χ0) is 16.2. The highest BCUT2D eigenvalue weighted by atomic mass is 16.6. The van der Waals surface area contributed by atoms with Crippen molar-refractivity contribution in [3.05, 3.63) is 34.9 Å². The summed E-state index contributed by atoms with van der Waals surface area (Å²) in [6, 6.07) is 6.34. The number of oxime groups is 1. The van der Waals surface area contributed by atoms with E-state index < -0.39 is 0 Å². The lowest BCUT2D eigenvalue weighted by Gasteiger charge is -2.37. The molecule has 0 amide bonds. The van der Waals surface area contributed by atoms with Crippen LogP contribution in [0.1, 0.15) is 30.5 Å². The van der Waals surface area contributed by atoms with Gasteiger partial charge in [-0.05, 0) is 33.3 Å². The standard InChI is InChI=1S/C17H27N3O2/c1-13-7-14(2)9-15(8-13)11-22-19-16(18)10-20-5-6-21-17(3,4)12-20/h7-9H,5-6,10-12H2,1-4H3,(H2,18,19). The summed E-state index contributed by atoms with van der Waals surface area (Å²) in [5, 5.41) is 4.03. The van der Waals surface area contributed by atoms with Gasteiger partial charge in [0.2, 0.25) is 0 Å². The summed E-state index contributed by atoms with van der Waals surface area (Å²) in [7, 11) is 0. The molecule has 0 aromatic heterocycles. The van der Waals surface area contributed by atoms with Gasteiger partial charge in [-0.1, -0.05) is 34.5 Å². The Morgan fingerprint density at radius 1 is 1.32 bits per heavy atom. The van der Waals surface area contributed by atoms with Crippen LogP contribution in [0.5, 0.6) is 0 Å². The lowest BCUT2D eigenvalue weighted by Crippen LogP contribution is -2.50. The van der Waals surface area contributed by atoms with E-state index in [2.05, 4.69) is 55.9 Å². The van der Waals surface area contributed by atoms with Crippen molar-refractivity contribution in [1.82, 2.24) is 4.90 Å². The summed E-state index contributed by atoms with van der Waals surface area (Å²) >= 11 is 0. The number of morpholine rings is 1. The maximum absolute atomic E-state index is 5.96. The molecule has 122 valence electrons. The van der Waals surface area contributed by atoms with Crippen LogP contribution >= 0.6 is 0 Å². The molecule has 1 aromatic rings. The second kappa shape index (κ2) is 7.11. The molecule has 1 heterocycles. The molecule has 0 aliphatic carbocycles. The van der Waals surface area contributed by atoms with Crippen molar-refractivity contribution in [1.29, 1.82) is 0 Å². The monoisotopic (exact) mass is 305 g/mol. The minimum absolute atomic E-state index is 0.127.